The Hall–Kier alpha value is -3.87. The molecule has 2 heterocycles. The lowest BCUT2D eigenvalue weighted by Gasteiger charge is -2.24. The summed E-state index contributed by atoms with van der Waals surface area (Å²) < 4.78 is 12.4. The Morgan fingerprint density at radius 1 is 1.00 bits per heavy atom. The minimum atomic E-state index is -0.925. The third kappa shape index (κ3) is 3.82. The van der Waals surface area contributed by atoms with E-state index in [-0.39, 0.29) is 5.91 Å². The molecule has 0 unspecified atom stereocenters. The summed E-state index contributed by atoms with van der Waals surface area (Å²) in [7, 11) is 3.20. The van der Waals surface area contributed by atoms with E-state index in [0.29, 0.717) is 17.2 Å². The van der Waals surface area contributed by atoms with Crippen molar-refractivity contribution >= 4 is 22.5 Å². The molecule has 0 aliphatic carbocycles. The number of para-hydroxylation sites is 1. The van der Waals surface area contributed by atoms with Crippen molar-refractivity contribution in [2.75, 3.05) is 19.5 Å². The van der Waals surface area contributed by atoms with E-state index in [2.05, 4.69) is 15.4 Å². The number of carbonyl (C=O) groups excluding carboxylic acids is 1. The van der Waals surface area contributed by atoms with Gasteiger partial charge in [-0.1, -0.05) is 24.3 Å². The average molecular weight is 416 g/mol. The van der Waals surface area contributed by atoms with Crippen molar-refractivity contribution in [3.8, 4) is 22.6 Å². The van der Waals surface area contributed by atoms with Crippen LogP contribution in [0.4, 0.5) is 5.69 Å². The van der Waals surface area contributed by atoms with Crippen LogP contribution in [0.3, 0.4) is 0 Å². The molecule has 31 heavy (non-hydrogen) atoms. The highest BCUT2D eigenvalue weighted by molar-refractivity contribution is 6.02. The van der Waals surface area contributed by atoms with Gasteiger partial charge in [-0.25, -0.2) is 0 Å². The van der Waals surface area contributed by atoms with Crippen LogP contribution in [0, 0.1) is 0 Å². The summed E-state index contributed by atoms with van der Waals surface area (Å²) in [5, 5.41) is 8.43. The summed E-state index contributed by atoms with van der Waals surface area (Å²) in [6.07, 6.45) is 5.30. The number of hydrogen-bond acceptors (Lipinski definition) is 5. The molecule has 2 aromatic carbocycles. The van der Waals surface area contributed by atoms with E-state index in [1.165, 1.54) is 0 Å². The van der Waals surface area contributed by atoms with Gasteiger partial charge in [0.2, 0.25) is 0 Å². The number of ether oxygens (including phenoxy) is 2. The quantitative estimate of drug-likeness (QED) is 0.501. The van der Waals surface area contributed by atoms with Gasteiger partial charge in [0.05, 0.1) is 31.6 Å². The molecule has 0 saturated carbocycles. The number of anilines is 1. The van der Waals surface area contributed by atoms with Crippen molar-refractivity contribution in [2.24, 2.45) is 0 Å². The zero-order valence-corrected chi connectivity index (χ0v) is 17.9. The fraction of sp³-hybridized carbons (Fsp3) is 0.208. The van der Waals surface area contributed by atoms with Crippen LogP contribution in [-0.2, 0) is 10.3 Å². The summed E-state index contributed by atoms with van der Waals surface area (Å²) in [5.41, 5.74) is 2.28. The number of benzene rings is 2. The molecule has 0 aliphatic heterocycles. The molecule has 0 radical (unpaired) electrons. The minimum Gasteiger partial charge on any atom is -0.493 e. The number of pyridine rings is 1. The standard InChI is InChI=1S/C24H24N4O3/c1-24(2,23(29)27-19-9-5-7-16-8-6-12-25-22(16)19)28-15-18(14-26-28)17-10-11-20(30-3)21(13-17)31-4/h5-15H,1-4H3,(H,27,29). The minimum absolute atomic E-state index is 0.187. The number of nitrogens with one attached hydrogen (secondary N) is 1. The fourth-order valence-corrected chi connectivity index (χ4v) is 3.38. The molecule has 0 atom stereocenters. The molecule has 0 spiro atoms. The molecular weight excluding hydrogens is 392 g/mol. The summed E-state index contributed by atoms with van der Waals surface area (Å²) in [6.45, 7) is 3.65. The second-order valence-electron chi connectivity index (χ2n) is 7.64. The topological polar surface area (TPSA) is 78.3 Å². The molecule has 0 saturated heterocycles. The Labute approximate surface area is 180 Å². The first-order valence-electron chi connectivity index (χ1n) is 9.87. The number of carbonyl (C=O) groups is 1. The van der Waals surface area contributed by atoms with Gasteiger partial charge in [0.25, 0.3) is 5.91 Å². The van der Waals surface area contributed by atoms with E-state index in [0.717, 1.165) is 22.0 Å². The van der Waals surface area contributed by atoms with Crippen LogP contribution in [0.5, 0.6) is 11.5 Å². The first kappa shape index (κ1) is 20.4. The van der Waals surface area contributed by atoms with Gasteiger partial charge in [-0.2, -0.15) is 5.10 Å². The van der Waals surface area contributed by atoms with E-state index >= 15 is 0 Å². The number of fused-ring (bicyclic) bond motifs is 1. The first-order valence-corrected chi connectivity index (χ1v) is 9.87. The third-order valence-corrected chi connectivity index (χ3v) is 5.31. The SMILES string of the molecule is COc1ccc(-c2cnn(C(C)(C)C(=O)Nc3cccc4cccnc34)c2)cc1OC. The summed E-state index contributed by atoms with van der Waals surface area (Å²) in [4.78, 5) is 17.6. The smallest absolute Gasteiger partial charge is 0.251 e. The third-order valence-electron chi connectivity index (χ3n) is 5.31. The van der Waals surface area contributed by atoms with Crippen molar-refractivity contribution in [1.82, 2.24) is 14.8 Å². The van der Waals surface area contributed by atoms with Gasteiger partial charge in [-0.05, 0) is 43.7 Å². The first-order chi connectivity index (χ1) is 14.9. The predicted molar refractivity (Wildman–Crippen MR) is 120 cm³/mol. The van der Waals surface area contributed by atoms with Gasteiger partial charge in [0.15, 0.2) is 11.5 Å². The Balaban J connectivity index is 1.61. The summed E-state index contributed by atoms with van der Waals surface area (Å²) >= 11 is 0. The maximum Gasteiger partial charge on any atom is 0.251 e. The zero-order chi connectivity index (χ0) is 22.0. The molecule has 7 nitrogen and oxygen atoms in total. The van der Waals surface area contributed by atoms with Crippen molar-refractivity contribution in [2.45, 2.75) is 19.4 Å². The maximum absolute atomic E-state index is 13.2. The number of hydrogen-bond donors (Lipinski definition) is 1. The van der Waals surface area contributed by atoms with E-state index in [1.807, 2.05) is 68.6 Å². The Morgan fingerprint density at radius 2 is 1.77 bits per heavy atom. The predicted octanol–water partition coefficient (Wildman–Crippen LogP) is 4.49. The molecule has 4 aromatic rings. The van der Waals surface area contributed by atoms with E-state index in [4.69, 9.17) is 9.47 Å². The fourth-order valence-electron chi connectivity index (χ4n) is 3.38. The van der Waals surface area contributed by atoms with Crippen molar-refractivity contribution in [1.29, 1.82) is 0 Å². The van der Waals surface area contributed by atoms with E-state index in [1.54, 1.807) is 31.3 Å². The van der Waals surface area contributed by atoms with Gasteiger partial charge in [-0.3, -0.25) is 14.5 Å². The van der Waals surface area contributed by atoms with Crippen LogP contribution < -0.4 is 14.8 Å². The second kappa shape index (κ2) is 8.10. The number of amides is 1. The second-order valence-corrected chi connectivity index (χ2v) is 7.64. The number of methoxy groups -OCH3 is 2. The van der Waals surface area contributed by atoms with E-state index < -0.39 is 5.54 Å². The van der Waals surface area contributed by atoms with Gasteiger partial charge < -0.3 is 14.8 Å². The molecule has 7 heteroatoms. The van der Waals surface area contributed by atoms with E-state index in [9.17, 15) is 4.79 Å². The van der Waals surface area contributed by atoms with Crippen LogP contribution in [0.15, 0.2) is 67.1 Å². The molecule has 158 valence electrons. The largest absolute Gasteiger partial charge is 0.493 e. The molecule has 4 rings (SSSR count). The van der Waals surface area contributed by atoms with Crippen molar-refractivity contribution in [3.63, 3.8) is 0 Å². The highest BCUT2D eigenvalue weighted by atomic mass is 16.5. The zero-order valence-electron chi connectivity index (χ0n) is 17.9. The van der Waals surface area contributed by atoms with Crippen molar-refractivity contribution < 1.29 is 14.3 Å². The average Bonchev–Trinajstić information content (AvgIpc) is 3.30. The molecule has 1 amide bonds. The van der Waals surface area contributed by atoms with Crippen LogP contribution >= 0.6 is 0 Å². The Morgan fingerprint density at radius 3 is 2.55 bits per heavy atom. The molecular formula is C24H24N4O3. The lowest BCUT2D eigenvalue weighted by Crippen LogP contribution is -2.40. The van der Waals surface area contributed by atoms with Crippen LogP contribution in [0.1, 0.15) is 13.8 Å². The summed E-state index contributed by atoms with van der Waals surface area (Å²) in [6, 6.07) is 15.2. The summed E-state index contributed by atoms with van der Waals surface area (Å²) in [5.74, 6) is 1.10. The normalized spacial score (nSPS) is 11.4. The van der Waals surface area contributed by atoms with Gasteiger partial charge in [0, 0.05) is 23.3 Å². The molecule has 0 bridgehead atoms. The monoisotopic (exact) mass is 416 g/mol. The molecule has 2 aromatic heterocycles. The molecule has 0 fully saturated rings. The lowest BCUT2D eigenvalue weighted by molar-refractivity contribution is -0.123. The number of aromatic nitrogens is 3. The Kier molecular flexibility index (Phi) is 5.33. The van der Waals surface area contributed by atoms with Crippen molar-refractivity contribution in [3.05, 3.63) is 67.1 Å². The maximum atomic E-state index is 13.2. The number of rotatable bonds is 6. The Bertz CT molecular complexity index is 1240. The highest BCUT2D eigenvalue weighted by Gasteiger charge is 2.31. The van der Waals surface area contributed by atoms with Crippen LogP contribution in [-0.4, -0.2) is 34.9 Å². The molecule has 0 aliphatic rings. The van der Waals surface area contributed by atoms with Gasteiger partial charge in [-0.15, -0.1) is 0 Å². The number of nitrogens with zero attached hydrogens (tertiary/aromatic N) is 3. The molecule has 1 N–H and O–H groups in total. The lowest BCUT2D eigenvalue weighted by atomic mass is 10.0. The van der Waals surface area contributed by atoms with Crippen LogP contribution in [0.25, 0.3) is 22.0 Å². The van der Waals surface area contributed by atoms with Crippen LogP contribution in [0.2, 0.25) is 0 Å². The van der Waals surface area contributed by atoms with Gasteiger partial charge in [0.1, 0.15) is 5.54 Å². The highest BCUT2D eigenvalue weighted by Crippen LogP contribution is 2.33. The van der Waals surface area contributed by atoms with Gasteiger partial charge >= 0.3 is 0 Å².